The Kier molecular flexibility index (Phi) is 7.78. The number of carbonyl (C=O) groups is 1. The molecule has 0 unspecified atom stereocenters. The standard InChI is InChI=1S/C23H12O2S2/c24-23(25)17-22(11-9-18-1-5-20(6-2-18)13-15-26)12-10-19-3-7-21(8-4-19)14-16-27/h1-8,17,26-27H,(H,24,25). The summed E-state index contributed by atoms with van der Waals surface area (Å²) >= 11 is 7.70. The molecule has 0 saturated heterocycles. The van der Waals surface area contributed by atoms with Gasteiger partial charge in [0.1, 0.15) is 0 Å². The van der Waals surface area contributed by atoms with E-state index in [4.69, 9.17) is 5.11 Å². The Morgan fingerprint density at radius 2 is 1.04 bits per heavy atom. The van der Waals surface area contributed by atoms with Crippen molar-refractivity contribution in [3.8, 4) is 46.0 Å². The van der Waals surface area contributed by atoms with Crippen molar-refractivity contribution in [2.24, 2.45) is 0 Å². The van der Waals surface area contributed by atoms with Crippen molar-refractivity contribution in [1.29, 1.82) is 0 Å². The highest BCUT2D eigenvalue weighted by molar-refractivity contribution is 7.85. The molecule has 0 amide bonds. The number of benzene rings is 2. The van der Waals surface area contributed by atoms with Crippen molar-refractivity contribution in [1.82, 2.24) is 0 Å². The molecule has 0 fully saturated rings. The van der Waals surface area contributed by atoms with Gasteiger partial charge in [0.2, 0.25) is 0 Å². The van der Waals surface area contributed by atoms with E-state index in [0.29, 0.717) is 0 Å². The van der Waals surface area contributed by atoms with Gasteiger partial charge < -0.3 is 5.11 Å². The summed E-state index contributed by atoms with van der Waals surface area (Å²) in [6, 6.07) is 14.5. The summed E-state index contributed by atoms with van der Waals surface area (Å²) in [5.41, 5.74) is 3.31. The second kappa shape index (κ2) is 10.6. The Morgan fingerprint density at radius 3 is 1.33 bits per heavy atom. The Morgan fingerprint density at radius 1 is 0.704 bits per heavy atom. The van der Waals surface area contributed by atoms with Crippen molar-refractivity contribution in [2.45, 2.75) is 0 Å². The van der Waals surface area contributed by atoms with E-state index in [1.807, 2.05) is 24.3 Å². The molecule has 27 heavy (non-hydrogen) atoms. The molecule has 0 aliphatic rings. The minimum Gasteiger partial charge on any atom is -0.478 e. The third-order valence-electron chi connectivity index (χ3n) is 3.12. The maximum absolute atomic E-state index is 11.0. The molecule has 0 saturated carbocycles. The number of carboxylic acid groups (broad SMARTS) is 1. The molecule has 0 bridgehead atoms. The number of hydrogen-bond donors (Lipinski definition) is 3. The van der Waals surface area contributed by atoms with Crippen LogP contribution in [0.3, 0.4) is 0 Å². The molecule has 2 aromatic rings. The molecule has 2 aromatic carbocycles. The van der Waals surface area contributed by atoms with Crippen molar-refractivity contribution in [3.05, 3.63) is 82.4 Å². The molecule has 4 heteroatoms. The van der Waals surface area contributed by atoms with Gasteiger partial charge in [0.05, 0.1) is 5.57 Å². The van der Waals surface area contributed by atoms with E-state index in [0.717, 1.165) is 28.3 Å². The van der Waals surface area contributed by atoms with Crippen molar-refractivity contribution < 1.29 is 9.90 Å². The number of aliphatic carboxylic acids is 1. The van der Waals surface area contributed by atoms with Gasteiger partial charge in [-0.1, -0.05) is 60.8 Å². The summed E-state index contributed by atoms with van der Waals surface area (Å²) in [5.74, 6) is 15.9. The van der Waals surface area contributed by atoms with E-state index in [1.54, 1.807) is 24.3 Å². The van der Waals surface area contributed by atoms with Gasteiger partial charge in [-0.2, -0.15) is 0 Å². The molecule has 0 aromatic heterocycles. The zero-order chi connectivity index (χ0) is 19.5. The number of allylic oxidation sites excluding steroid dienone is 1. The molecule has 128 valence electrons. The minimum absolute atomic E-state index is 0.209. The maximum Gasteiger partial charge on any atom is 0.330 e. The average molecular weight is 384 g/mol. The van der Waals surface area contributed by atoms with Gasteiger partial charge in [0.25, 0.3) is 0 Å². The highest BCUT2D eigenvalue weighted by atomic mass is 32.1. The number of hydrogen-bond acceptors (Lipinski definition) is 3. The Bertz CT molecular complexity index is 1030. The smallest absolute Gasteiger partial charge is 0.330 e. The first kappa shape index (κ1) is 19.9. The number of thiol groups is 2. The van der Waals surface area contributed by atoms with Crippen LogP contribution in [0.1, 0.15) is 22.3 Å². The summed E-state index contributed by atoms with van der Waals surface area (Å²) in [7, 11) is 0. The Balaban J connectivity index is 2.25. The Hall–Kier alpha value is -3.41. The van der Waals surface area contributed by atoms with Gasteiger partial charge in [-0.25, -0.2) is 4.79 Å². The van der Waals surface area contributed by atoms with Crippen LogP contribution in [-0.2, 0) is 4.79 Å². The van der Waals surface area contributed by atoms with E-state index in [-0.39, 0.29) is 5.57 Å². The fraction of sp³-hybridized carbons (Fsp3) is 0. The largest absolute Gasteiger partial charge is 0.478 e. The van der Waals surface area contributed by atoms with Crippen LogP contribution in [0.2, 0.25) is 0 Å². The molecule has 0 radical (unpaired) electrons. The monoisotopic (exact) mass is 384 g/mol. The second-order valence-corrected chi connectivity index (χ2v) is 5.47. The Labute approximate surface area is 169 Å². The average Bonchev–Trinajstić information content (AvgIpc) is 2.66. The van der Waals surface area contributed by atoms with E-state index < -0.39 is 5.97 Å². The van der Waals surface area contributed by atoms with E-state index >= 15 is 0 Å². The molecule has 0 spiro atoms. The summed E-state index contributed by atoms with van der Waals surface area (Å²) in [6.07, 6.45) is 0.988. The van der Waals surface area contributed by atoms with E-state index in [1.165, 1.54) is 0 Å². The zero-order valence-corrected chi connectivity index (χ0v) is 15.7. The highest BCUT2D eigenvalue weighted by Gasteiger charge is 1.95. The first-order valence-corrected chi connectivity index (χ1v) is 8.49. The van der Waals surface area contributed by atoms with Crippen LogP contribution in [0.5, 0.6) is 0 Å². The third kappa shape index (κ3) is 7.15. The van der Waals surface area contributed by atoms with Crippen LogP contribution in [0.25, 0.3) is 0 Å². The predicted octanol–water partition coefficient (Wildman–Crippen LogP) is 3.58. The first-order chi connectivity index (χ1) is 13.1. The third-order valence-corrected chi connectivity index (χ3v) is 3.34. The van der Waals surface area contributed by atoms with Crippen LogP contribution in [0.4, 0.5) is 0 Å². The molecular weight excluding hydrogens is 372 g/mol. The van der Waals surface area contributed by atoms with Crippen LogP contribution in [0.15, 0.2) is 60.2 Å². The normalized spacial score (nSPS) is 8.22. The van der Waals surface area contributed by atoms with E-state index in [9.17, 15) is 4.79 Å². The summed E-state index contributed by atoms with van der Waals surface area (Å²) in [4.78, 5) is 11.0. The molecule has 2 nitrogen and oxygen atoms in total. The lowest BCUT2D eigenvalue weighted by atomic mass is 10.1. The quantitative estimate of drug-likeness (QED) is 0.399. The minimum atomic E-state index is -1.10. The zero-order valence-electron chi connectivity index (χ0n) is 13.9. The summed E-state index contributed by atoms with van der Waals surface area (Å²) in [5, 5.41) is 14.1. The lowest BCUT2D eigenvalue weighted by Gasteiger charge is -1.92. The lowest BCUT2D eigenvalue weighted by molar-refractivity contribution is -0.131. The SMILES string of the molecule is O=C(O)C=C(C#Cc1ccc(C#CS)cc1)C#Cc1ccc(C#CS)cc1. The van der Waals surface area contributed by atoms with Gasteiger partial charge >= 0.3 is 5.97 Å². The van der Waals surface area contributed by atoms with E-state index in [2.05, 4.69) is 71.3 Å². The van der Waals surface area contributed by atoms with Crippen molar-refractivity contribution >= 4 is 31.2 Å². The first-order valence-electron chi connectivity index (χ1n) is 7.60. The molecule has 2 rings (SSSR count). The van der Waals surface area contributed by atoms with Gasteiger partial charge in [0, 0.05) is 28.3 Å². The second-order valence-electron chi connectivity index (χ2n) is 5.02. The van der Waals surface area contributed by atoms with Gasteiger partial charge in [-0.3, -0.25) is 0 Å². The lowest BCUT2D eigenvalue weighted by Crippen LogP contribution is -1.90. The fourth-order valence-corrected chi connectivity index (χ4v) is 2.17. The van der Waals surface area contributed by atoms with Gasteiger partial charge in [-0.05, 0) is 59.0 Å². The number of rotatable bonds is 1. The molecule has 0 atom stereocenters. The number of carboxylic acids is 1. The van der Waals surface area contributed by atoms with Gasteiger partial charge in [0.15, 0.2) is 0 Å². The topological polar surface area (TPSA) is 37.3 Å². The van der Waals surface area contributed by atoms with Crippen LogP contribution < -0.4 is 0 Å². The molecule has 0 heterocycles. The molecule has 0 aliphatic carbocycles. The maximum atomic E-state index is 11.0. The predicted molar refractivity (Wildman–Crippen MR) is 114 cm³/mol. The van der Waals surface area contributed by atoms with Gasteiger partial charge in [-0.15, -0.1) is 0 Å². The molecule has 0 aliphatic heterocycles. The molecular formula is C23H12O2S2. The molecule has 1 N–H and O–H groups in total. The van der Waals surface area contributed by atoms with Crippen LogP contribution in [-0.4, -0.2) is 11.1 Å². The summed E-state index contributed by atoms with van der Waals surface area (Å²) in [6.45, 7) is 0. The summed E-state index contributed by atoms with van der Waals surface area (Å²) < 4.78 is 0. The van der Waals surface area contributed by atoms with Crippen LogP contribution >= 0.6 is 25.3 Å². The fourth-order valence-electron chi connectivity index (χ4n) is 1.91. The van der Waals surface area contributed by atoms with Crippen molar-refractivity contribution in [3.63, 3.8) is 0 Å². The highest BCUT2D eigenvalue weighted by Crippen LogP contribution is 2.04. The van der Waals surface area contributed by atoms with Crippen molar-refractivity contribution in [2.75, 3.05) is 0 Å². The van der Waals surface area contributed by atoms with Crippen LogP contribution in [0, 0.1) is 46.0 Å².